The molecule has 0 unspecified atom stereocenters. The molecule has 0 radical (unpaired) electrons. The summed E-state index contributed by atoms with van der Waals surface area (Å²) in [5.74, 6) is -0.377. The highest BCUT2D eigenvalue weighted by Crippen LogP contribution is 2.35. The lowest BCUT2D eigenvalue weighted by atomic mass is 10.0. The summed E-state index contributed by atoms with van der Waals surface area (Å²) >= 11 is 0. The number of carbonyl (C=O) groups excluding carboxylic acids is 1. The van der Waals surface area contributed by atoms with E-state index in [2.05, 4.69) is 0 Å². The van der Waals surface area contributed by atoms with E-state index in [1.807, 2.05) is 18.4 Å². The summed E-state index contributed by atoms with van der Waals surface area (Å²) in [6.45, 7) is 4.00. The number of esters is 1. The highest BCUT2D eigenvalue weighted by molar-refractivity contribution is 5.81. The standard InChI is InChI=1S/C25H24F2N2O3/c1-15(2)25-28-23(16-3-7-18(26)8-4-16)24(17-5-9-19(27)10-6-17)29(25)12-11-21-13-20(30)14-22(31)32-21/h3-12,15,20-21,30H,13-14H2,1-2H3/t20-,21-/m1/s1. The zero-order chi connectivity index (χ0) is 22.8. The maximum absolute atomic E-state index is 13.6. The Bertz CT molecular complexity index is 1140. The molecule has 3 aromatic rings. The number of carbonyl (C=O) groups is 1. The molecule has 166 valence electrons. The van der Waals surface area contributed by atoms with Gasteiger partial charge in [0.05, 0.1) is 23.9 Å². The van der Waals surface area contributed by atoms with E-state index in [-0.39, 0.29) is 24.0 Å². The van der Waals surface area contributed by atoms with E-state index < -0.39 is 18.2 Å². The molecule has 4 rings (SSSR count). The van der Waals surface area contributed by atoms with Crippen molar-refractivity contribution in [3.8, 4) is 22.5 Å². The molecule has 1 fully saturated rings. The Labute approximate surface area is 185 Å². The van der Waals surface area contributed by atoms with E-state index in [0.29, 0.717) is 17.8 Å². The molecule has 0 spiro atoms. The fraction of sp³-hybridized carbons (Fsp3) is 0.280. The molecule has 1 N–H and O–H groups in total. The molecule has 0 bridgehead atoms. The molecule has 1 saturated heterocycles. The highest BCUT2D eigenvalue weighted by atomic mass is 19.1. The monoisotopic (exact) mass is 438 g/mol. The minimum absolute atomic E-state index is 0.0117. The zero-order valence-electron chi connectivity index (χ0n) is 17.8. The minimum atomic E-state index is -0.746. The van der Waals surface area contributed by atoms with Gasteiger partial charge >= 0.3 is 5.97 Å². The number of aliphatic hydroxyl groups excluding tert-OH is 1. The van der Waals surface area contributed by atoms with Gasteiger partial charge in [0.25, 0.3) is 0 Å². The van der Waals surface area contributed by atoms with E-state index in [1.165, 1.54) is 24.3 Å². The van der Waals surface area contributed by atoms with Gasteiger partial charge in [0.2, 0.25) is 0 Å². The summed E-state index contributed by atoms with van der Waals surface area (Å²) in [6.07, 6.45) is 2.47. The van der Waals surface area contributed by atoms with Crippen LogP contribution in [-0.2, 0) is 9.53 Å². The topological polar surface area (TPSA) is 64.3 Å². The molecule has 5 nitrogen and oxygen atoms in total. The fourth-order valence-corrected chi connectivity index (χ4v) is 3.81. The van der Waals surface area contributed by atoms with E-state index in [4.69, 9.17) is 9.72 Å². The number of hydrogen-bond donors (Lipinski definition) is 1. The predicted molar refractivity (Wildman–Crippen MR) is 118 cm³/mol. The number of benzene rings is 2. The quantitative estimate of drug-likeness (QED) is 0.559. The summed E-state index contributed by atoms with van der Waals surface area (Å²) in [5, 5.41) is 9.90. The van der Waals surface area contributed by atoms with Gasteiger partial charge in [-0.15, -0.1) is 0 Å². The fourth-order valence-electron chi connectivity index (χ4n) is 3.81. The SMILES string of the molecule is CC(C)c1nc(-c2ccc(F)cc2)c(-c2ccc(F)cc2)n1C=C[C@@H]1C[C@@H](O)CC(=O)O1. The lowest BCUT2D eigenvalue weighted by molar-refractivity contribution is -0.156. The van der Waals surface area contributed by atoms with Gasteiger partial charge in [0.15, 0.2) is 0 Å². The third-order valence-corrected chi connectivity index (χ3v) is 5.33. The Hall–Kier alpha value is -3.32. The number of ether oxygens (including phenoxy) is 1. The second-order valence-corrected chi connectivity index (χ2v) is 8.17. The smallest absolute Gasteiger partial charge is 0.309 e. The molecule has 0 aliphatic carbocycles. The summed E-state index contributed by atoms with van der Waals surface area (Å²) in [5.41, 5.74) is 2.79. The molecule has 2 heterocycles. The van der Waals surface area contributed by atoms with Gasteiger partial charge in [0, 0.05) is 29.7 Å². The Kier molecular flexibility index (Phi) is 6.19. The number of aliphatic hydroxyl groups is 1. The van der Waals surface area contributed by atoms with Gasteiger partial charge in [-0.05, 0) is 54.6 Å². The lowest BCUT2D eigenvalue weighted by Gasteiger charge is -2.23. The molecule has 2 atom stereocenters. The van der Waals surface area contributed by atoms with Crippen LogP contribution in [0.3, 0.4) is 0 Å². The van der Waals surface area contributed by atoms with Crippen LogP contribution in [-0.4, -0.2) is 32.8 Å². The van der Waals surface area contributed by atoms with Crippen LogP contribution in [0, 0.1) is 11.6 Å². The zero-order valence-corrected chi connectivity index (χ0v) is 17.8. The first-order chi connectivity index (χ1) is 15.3. The van der Waals surface area contributed by atoms with Gasteiger partial charge in [-0.2, -0.15) is 0 Å². The molecule has 32 heavy (non-hydrogen) atoms. The maximum atomic E-state index is 13.6. The van der Waals surface area contributed by atoms with Crippen molar-refractivity contribution in [1.82, 2.24) is 9.55 Å². The van der Waals surface area contributed by atoms with Crippen LogP contribution in [0.4, 0.5) is 8.78 Å². The van der Waals surface area contributed by atoms with Crippen molar-refractivity contribution in [2.24, 2.45) is 0 Å². The number of rotatable bonds is 5. The van der Waals surface area contributed by atoms with Crippen molar-refractivity contribution in [2.45, 2.75) is 44.8 Å². The largest absolute Gasteiger partial charge is 0.458 e. The number of cyclic esters (lactones) is 1. The number of imidazole rings is 1. The molecule has 1 aromatic heterocycles. The Morgan fingerprint density at radius 1 is 1.06 bits per heavy atom. The van der Waals surface area contributed by atoms with Crippen LogP contribution in [0.15, 0.2) is 54.6 Å². The average molecular weight is 438 g/mol. The van der Waals surface area contributed by atoms with Crippen molar-refractivity contribution in [3.05, 3.63) is 72.1 Å². The van der Waals surface area contributed by atoms with Gasteiger partial charge in [0.1, 0.15) is 23.6 Å². The van der Waals surface area contributed by atoms with Crippen LogP contribution in [0.25, 0.3) is 28.7 Å². The summed E-state index contributed by atoms with van der Waals surface area (Å²) < 4.78 is 34.4. The molecule has 0 saturated carbocycles. The van der Waals surface area contributed by atoms with Crippen molar-refractivity contribution >= 4 is 12.2 Å². The van der Waals surface area contributed by atoms with Crippen molar-refractivity contribution < 1.29 is 23.4 Å². The first-order valence-electron chi connectivity index (χ1n) is 10.5. The average Bonchev–Trinajstić information content (AvgIpc) is 3.12. The highest BCUT2D eigenvalue weighted by Gasteiger charge is 2.26. The lowest BCUT2D eigenvalue weighted by Crippen LogP contribution is -2.31. The van der Waals surface area contributed by atoms with E-state index in [9.17, 15) is 18.7 Å². The molecule has 0 amide bonds. The van der Waals surface area contributed by atoms with Crippen LogP contribution in [0.5, 0.6) is 0 Å². The summed E-state index contributed by atoms with van der Waals surface area (Å²) in [6, 6.07) is 12.1. The van der Waals surface area contributed by atoms with E-state index in [1.54, 1.807) is 36.5 Å². The third-order valence-electron chi connectivity index (χ3n) is 5.33. The molecular formula is C25H24F2N2O3. The maximum Gasteiger partial charge on any atom is 0.309 e. The van der Waals surface area contributed by atoms with Crippen LogP contribution < -0.4 is 0 Å². The van der Waals surface area contributed by atoms with Gasteiger partial charge in [-0.3, -0.25) is 4.79 Å². The van der Waals surface area contributed by atoms with Gasteiger partial charge in [-0.25, -0.2) is 13.8 Å². The Morgan fingerprint density at radius 3 is 2.22 bits per heavy atom. The van der Waals surface area contributed by atoms with Crippen LogP contribution >= 0.6 is 0 Å². The number of hydrogen-bond acceptors (Lipinski definition) is 4. The van der Waals surface area contributed by atoms with E-state index >= 15 is 0 Å². The molecule has 7 heteroatoms. The third kappa shape index (κ3) is 4.62. The van der Waals surface area contributed by atoms with Crippen LogP contribution in [0.1, 0.15) is 38.4 Å². The number of nitrogens with zero attached hydrogens (tertiary/aromatic N) is 2. The van der Waals surface area contributed by atoms with Crippen molar-refractivity contribution in [2.75, 3.05) is 0 Å². The minimum Gasteiger partial charge on any atom is -0.458 e. The van der Waals surface area contributed by atoms with Gasteiger partial charge in [-0.1, -0.05) is 13.8 Å². The molecule has 2 aromatic carbocycles. The summed E-state index contributed by atoms with van der Waals surface area (Å²) in [7, 11) is 0. The normalized spacial score (nSPS) is 19.0. The van der Waals surface area contributed by atoms with Crippen molar-refractivity contribution in [3.63, 3.8) is 0 Å². The van der Waals surface area contributed by atoms with Gasteiger partial charge < -0.3 is 14.4 Å². The molecule has 1 aliphatic rings. The van der Waals surface area contributed by atoms with Crippen LogP contribution in [0.2, 0.25) is 0 Å². The summed E-state index contributed by atoms with van der Waals surface area (Å²) in [4.78, 5) is 16.5. The predicted octanol–water partition coefficient (Wildman–Crippen LogP) is 5.16. The number of halogens is 2. The Balaban J connectivity index is 1.86. The molecule has 1 aliphatic heterocycles. The number of aromatic nitrogens is 2. The molecular weight excluding hydrogens is 414 g/mol. The first-order valence-corrected chi connectivity index (χ1v) is 10.5. The first kappa shape index (κ1) is 21.9. The second-order valence-electron chi connectivity index (χ2n) is 8.17. The second kappa shape index (κ2) is 9.04. The van der Waals surface area contributed by atoms with E-state index in [0.717, 1.165) is 17.0 Å². The Morgan fingerprint density at radius 2 is 1.66 bits per heavy atom. The van der Waals surface area contributed by atoms with Crippen molar-refractivity contribution in [1.29, 1.82) is 0 Å².